The van der Waals surface area contributed by atoms with E-state index in [4.69, 9.17) is 21.6 Å². The van der Waals surface area contributed by atoms with Gasteiger partial charge >= 0.3 is 0 Å². The second-order valence-corrected chi connectivity index (χ2v) is 6.28. The fourth-order valence-corrected chi connectivity index (χ4v) is 2.70. The van der Waals surface area contributed by atoms with Crippen LogP contribution in [0.2, 0.25) is 5.02 Å². The van der Waals surface area contributed by atoms with Crippen LogP contribution in [0, 0.1) is 11.3 Å². The van der Waals surface area contributed by atoms with Crippen molar-refractivity contribution in [2.24, 2.45) is 0 Å². The molecule has 0 aliphatic heterocycles. The third-order valence-electron chi connectivity index (χ3n) is 4.01. The SMILES string of the molecule is C[C@H](Oc1ccc(-c2ccc(C#N)cc2)cc1)C(=O)c1ccc(Cl)cc1. The average molecular weight is 362 g/mol. The number of nitriles is 1. The second-order valence-electron chi connectivity index (χ2n) is 5.84. The van der Waals surface area contributed by atoms with Gasteiger partial charge in [0.15, 0.2) is 6.10 Å². The molecule has 0 unspecified atom stereocenters. The summed E-state index contributed by atoms with van der Waals surface area (Å²) in [5.41, 5.74) is 3.22. The van der Waals surface area contributed by atoms with Crippen molar-refractivity contribution in [2.45, 2.75) is 13.0 Å². The normalized spacial score (nSPS) is 11.4. The van der Waals surface area contributed by atoms with E-state index in [2.05, 4.69) is 6.07 Å². The Balaban J connectivity index is 1.69. The molecule has 26 heavy (non-hydrogen) atoms. The largest absolute Gasteiger partial charge is 0.483 e. The lowest BCUT2D eigenvalue weighted by Crippen LogP contribution is -2.23. The van der Waals surface area contributed by atoms with Crippen LogP contribution in [0.5, 0.6) is 5.75 Å². The summed E-state index contributed by atoms with van der Waals surface area (Å²) in [6.45, 7) is 1.73. The number of carbonyl (C=O) groups excluding carboxylic acids is 1. The molecule has 0 saturated heterocycles. The molecule has 0 spiro atoms. The number of hydrogen-bond acceptors (Lipinski definition) is 3. The number of nitrogens with zero attached hydrogens (tertiary/aromatic N) is 1. The summed E-state index contributed by atoms with van der Waals surface area (Å²) in [5, 5.41) is 9.45. The van der Waals surface area contributed by atoms with Crippen molar-refractivity contribution in [3.63, 3.8) is 0 Å². The van der Waals surface area contributed by atoms with Gasteiger partial charge in [0.2, 0.25) is 5.78 Å². The standard InChI is InChI=1S/C22H16ClNO2/c1-15(22(25)19-6-10-20(23)11-7-19)26-21-12-8-18(9-13-21)17-4-2-16(14-24)3-5-17/h2-13,15H,1H3/t15-/m0/s1. The fraction of sp³-hybridized carbons (Fsp3) is 0.0909. The second kappa shape index (κ2) is 7.86. The van der Waals surface area contributed by atoms with E-state index in [1.807, 2.05) is 36.4 Å². The molecule has 0 saturated carbocycles. The Labute approximate surface area is 157 Å². The Kier molecular flexibility index (Phi) is 5.36. The Morgan fingerprint density at radius 3 is 2.00 bits per heavy atom. The van der Waals surface area contributed by atoms with Gasteiger partial charge in [-0.1, -0.05) is 35.9 Å². The third kappa shape index (κ3) is 4.11. The lowest BCUT2D eigenvalue weighted by atomic mass is 10.0. The van der Waals surface area contributed by atoms with Gasteiger partial charge in [-0.25, -0.2) is 0 Å². The molecule has 0 aliphatic carbocycles. The molecule has 0 amide bonds. The predicted molar refractivity (Wildman–Crippen MR) is 102 cm³/mol. The molecule has 0 radical (unpaired) electrons. The van der Waals surface area contributed by atoms with Crippen LogP contribution in [0.3, 0.4) is 0 Å². The molecule has 4 heteroatoms. The van der Waals surface area contributed by atoms with Gasteiger partial charge in [-0.2, -0.15) is 5.26 Å². The van der Waals surface area contributed by atoms with Crippen molar-refractivity contribution in [1.82, 2.24) is 0 Å². The van der Waals surface area contributed by atoms with E-state index >= 15 is 0 Å². The first-order chi connectivity index (χ1) is 12.6. The quantitative estimate of drug-likeness (QED) is 0.561. The van der Waals surface area contributed by atoms with Gasteiger partial charge in [0.25, 0.3) is 0 Å². The summed E-state index contributed by atoms with van der Waals surface area (Å²) in [6, 6.07) is 23.8. The van der Waals surface area contributed by atoms with Gasteiger partial charge in [-0.3, -0.25) is 4.79 Å². The highest BCUT2D eigenvalue weighted by Crippen LogP contribution is 2.24. The zero-order valence-electron chi connectivity index (χ0n) is 14.1. The predicted octanol–water partition coefficient (Wildman–Crippen LogP) is 5.53. The fourth-order valence-electron chi connectivity index (χ4n) is 2.57. The van der Waals surface area contributed by atoms with Crippen LogP contribution in [-0.4, -0.2) is 11.9 Å². The summed E-state index contributed by atoms with van der Waals surface area (Å²) < 4.78 is 5.76. The molecule has 0 fully saturated rings. The van der Waals surface area contributed by atoms with Crippen molar-refractivity contribution in [3.8, 4) is 22.9 Å². The monoisotopic (exact) mass is 361 g/mol. The molecule has 3 aromatic rings. The first kappa shape index (κ1) is 17.7. The van der Waals surface area contributed by atoms with Gasteiger partial charge in [0.1, 0.15) is 5.75 Å². The molecule has 0 aliphatic rings. The highest BCUT2D eigenvalue weighted by atomic mass is 35.5. The summed E-state index contributed by atoms with van der Waals surface area (Å²) in [5.74, 6) is 0.523. The van der Waals surface area contributed by atoms with E-state index in [0.29, 0.717) is 21.9 Å². The molecular formula is C22H16ClNO2. The lowest BCUT2D eigenvalue weighted by Gasteiger charge is -2.14. The number of rotatable bonds is 5. The van der Waals surface area contributed by atoms with Crippen LogP contribution in [0.1, 0.15) is 22.8 Å². The minimum atomic E-state index is -0.600. The Hall–Kier alpha value is -3.09. The maximum atomic E-state index is 12.4. The first-order valence-electron chi connectivity index (χ1n) is 8.14. The van der Waals surface area contributed by atoms with Gasteiger partial charge in [-0.05, 0) is 66.6 Å². The molecule has 128 valence electrons. The number of halogens is 1. The van der Waals surface area contributed by atoms with E-state index in [1.54, 1.807) is 43.3 Å². The van der Waals surface area contributed by atoms with Crippen LogP contribution in [-0.2, 0) is 0 Å². The smallest absolute Gasteiger partial charge is 0.202 e. The zero-order valence-corrected chi connectivity index (χ0v) is 14.9. The molecule has 1 atom stereocenters. The summed E-state index contributed by atoms with van der Waals surface area (Å²) in [7, 11) is 0. The molecule has 3 rings (SSSR count). The maximum Gasteiger partial charge on any atom is 0.202 e. The first-order valence-corrected chi connectivity index (χ1v) is 8.51. The van der Waals surface area contributed by atoms with Crippen molar-refractivity contribution in [2.75, 3.05) is 0 Å². The van der Waals surface area contributed by atoms with Crippen LogP contribution in [0.15, 0.2) is 72.8 Å². The van der Waals surface area contributed by atoms with E-state index in [1.165, 1.54) is 0 Å². The zero-order chi connectivity index (χ0) is 18.5. The van der Waals surface area contributed by atoms with Crippen molar-refractivity contribution in [1.29, 1.82) is 5.26 Å². The minimum Gasteiger partial charge on any atom is -0.483 e. The number of Topliss-reactive ketones (excluding diaryl/α,β-unsaturated/α-hetero) is 1. The van der Waals surface area contributed by atoms with Gasteiger partial charge in [-0.15, -0.1) is 0 Å². The highest BCUT2D eigenvalue weighted by molar-refractivity contribution is 6.30. The molecule has 0 heterocycles. The number of ketones is 1. The number of hydrogen-bond donors (Lipinski definition) is 0. The Morgan fingerprint density at radius 1 is 0.923 bits per heavy atom. The van der Waals surface area contributed by atoms with Gasteiger partial charge < -0.3 is 4.74 Å². The molecule has 3 nitrogen and oxygen atoms in total. The van der Waals surface area contributed by atoms with Crippen LogP contribution >= 0.6 is 11.6 Å². The average Bonchev–Trinajstić information content (AvgIpc) is 2.68. The lowest BCUT2D eigenvalue weighted by molar-refractivity contribution is 0.0818. The maximum absolute atomic E-state index is 12.4. The van der Waals surface area contributed by atoms with Crippen molar-refractivity contribution < 1.29 is 9.53 Å². The van der Waals surface area contributed by atoms with Crippen molar-refractivity contribution in [3.05, 3.63) is 88.9 Å². The van der Waals surface area contributed by atoms with E-state index < -0.39 is 6.10 Å². The number of carbonyl (C=O) groups is 1. The topological polar surface area (TPSA) is 50.1 Å². The van der Waals surface area contributed by atoms with Crippen LogP contribution < -0.4 is 4.74 Å². The summed E-state index contributed by atoms with van der Waals surface area (Å²) in [4.78, 5) is 12.4. The van der Waals surface area contributed by atoms with Crippen molar-refractivity contribution >= 4 is 17.4 Å². The summed E-state index contributed by atoms with van der Waals surface area (Å²) in [6.07, 6.45) is -0.600. The highest BCUT2D eigenvalue weighted by Gasteiger charge is 2.16. The molecular weight excluding hydrogens is 346 g/mol. The number of benzene rings is 3. The van der Waals surface area contributed by atoms with Crippen LogP contribution in [0.4, 0.5) is 0 Å². The van der Waals surface area contributed by atoms with E-state index in [9.17, 15) is 4.79 Å². The molecule has 0 bridgehead atoms. The van der Waals surface area contributed by atoms with Gasteiger partial charge in [0, 0.05) is 10.6 Å². The molecule has 0 N–H and O–H groups in total. The Bertz CT molecular complexity index is 939. The van der Waals surface area contributed by atoms with Gasteiger partial charge in [0.05, 0.1) is 11.6 Å². The molecule has 3 aromatic carbocycles. The minimum absolute atomic E-state index is 0.0992. The van der Waals surface area contributed by atoms with E-state index in [0.717, 1.165) is 11.1 Å². The van der Waals surface area contributed by atoms with Crippen LogP contribution in [0.25, 0.3) is 11.1 Å². The number of ether oxygens (including phenoxy) is 1. The third-order valence-corrected chi connectivity index (χ3v) is 4.26. The summed E-state index contributed by atoms with van der Waals surface area (Å²) >= 11 is 5.85. The van der Waals surface area contributed by atoms with E-state index in [-0.39, 0.29) is 5.78 Å². The molecule has 0 aromatic heterocycles. The Morgan fingerprint density at radius 2 is 1.46 bits per heavy atom.